The Bertz CT molecular complexity index is 1510. The molecule has 7 nitrogen and oxygen atoms in total. The van der Waals surface area contributed by atoms with E-state index in [1.807, 2.05) is 26.8 Å². The van der Waals surface area contributed by atoms with Crippen LogP contribution in [0.15, 0.2) is 64.1 Å². The molecule has 0 bridgehead atoms. The number of benzene rings is 2. The molecule has 1 fully saturated rings. The Kier molecular flexibility index (Phi) is 7.20. The van der Waals surface area contributed by atoms with Crippen molar-refractivity contribution in [1.82, 2.24) is 9.29 Å². The van der Waals surface area contributed by atoms with Crippen molar-refractivity contribution in [3.63, 3.8) is 0 Å². The van der Waals surface area contributed by atoms with E-state index in [4.69, 9.17) is 9.40 Å². The lowest BCUT2D eigenvalue weighted by Crippen LogP contribution is -2.43. The molecule has 194 valence electrons. The summed E-state index contributed by atoms with van der Waals surface area (Å²) >= 11 is 1.46. The third-order valence-corrected chi connectivity index (χ3v) is 9.93. The average Bonchev–Trinajstić information content (AvgIpc) is 3.57. The lowest BCUT2D eigenvalue weighted by molar-refractivity contribution is 0.0983. The third kappa shape index (κ3) is 5.08. The van der Waals surface area contributed by atoms with Gasteiger partial charge >= 0.3 is 0 Å². The number of hydrogen-bond donors (Lipinski definition) is 0. The van der Waals surface area contributed by atoms with Crippen molar-refractivity contribution in [1.29, 1.82) is 0 Å². The van der Waals surface area contributed by atoms with Crippen LogP contribution < -0.4 is 4.90 Å². The average molecular weight is 538 g/mol. The van der Waals surface area contributed by atoms with E-state index in [0.717, 1.165) is 47.0 Å². The second kappa shape index (κ2) is 10.4. The first kappa shape index (κ1) is 25.6. The summed E-state index contributed by atoms with van der Waals surface area (Å²) in [5, 5.41) is 0.570. The number of furan rings is 1. The summed E-state index contributed by atoms with van der Waals surface area (Å²) in [7, 11) is -3.62. The molecule has 0 radical (unpaired) electrons. The molecule has 5 rings (SSSR count). The molecule has 0 N–H and O–H groups in total. The van der Waals surface area contributed by atoms with Gasteiger partial charge in [-0.25, -0.2) is 13.4 Å². The van der Waals surface area contributed by atoms with Gasteiger partial charge in [0.2, 0.25) is 10.0 Å². The number of sulfonamides is 1. The van der Waals surface area contributed by atoms with Gasteiger partial charge in [-0.2, -0.15) is 4.31 Å². The highest BCUT2D eigenvalue weighted by atomic mass is 32.2. The molecule has 2 aromatic heterocycles. The Balaban J connectivity index is 1.47. The van der Waals surface area contributed by atoms with Crippen molar-refractivity contribution in [2.24, 2.45) is 0 Å². The number of aryl methyl sites for hydroxylation is 2. The minimum absolute atomic E-state index is 0.0231. The third-order valence-electron chi connectivity index (χ3n) is 6.94. The predicted molar refractivity (Wildman–Crippen MR) is 147 cm³/mol. The van der Waals surface area contributed by atoms with Crippen LogP contribution in [0.1, 0.15) is 59.9 Å². The Morgan fingerprint density at radius 1 is 1.16 bits per heavy atom. The summed E-state index contributed by atoms with van der Waals surface area (Å²) in [5.74, 6) is 0.369. The van der Waals surface area contributed by atoms with E-state index in [2.05, 4.69) is 12.1 Å². The van der Waals surface area contributed by atoms with Gasteiger partial charge in [-0.1, -0.05) is 30.7 Å². The monoisotopic (exact) mass is 537 g/mol. The summed E-state index contributed by atoms with van der Waals surface area (Å²) < 4.78 is 34.9. The molecule has 0 spiro atoms. The van der Waals surface area contributed by atoms with Crippen LogP contribution in [0.5, 0.6) is 0 Å². The molecular formula is C28H31N3O4S2. The Morgan fingerprint density at radius 3 is 2.65 bits per heavy atom. The largest absolute Gasteiger partial charge is 0.467 e. The van der Waals surface area contributed by atoms with E-state index < -0.39 is 10.0 Å². The van der Waals surface area contributed by atoms with Crippen LogP contribution in [-0.4, -0.2) is 36.2 Å². The van der Waals surface area contributed by atoms with Crippen LogP contribution in [0.25, 0.3) is 10.2 Å². The van der Waals surface area contributed by atoms with E-state index in [-0.39, 0.29) is 23.4 Å². The second-order valence-electron chi connectivity index (χ2n) is 9.59. The zero-order valence-corrected chi connectivity index (χ0v) is 22.9. The molecule has 2 aromatic carbocycles. The molecule has 0 aliphatic carbocycles. The van der Waals surface area contributed by atoms with Crippen LogP contribution in [-0.2, 0) is 16.6 Å². The highest BCUT2D eigenvalue weighted by Crippen LogP contribution is 2.34. The van der Waals surface area contributed by atoms with E-state index in [1.165, 1.54) is 11.3 Å². The van der Waals surface area contributed by atoms with Crippen molar-refractivity contribution >= 4 is 42.6 Å². The quantitative estimate of drug-likeness (QED) is 0.276. The molecule has 4 aromatic rings. The number of amides is 1. The molecule has 37 heavy (non-hydrogen) atoms. The Morgan fingerprint density at radius 2 is 1.95 bits per heavy atom. The number of hydrogen-bond acceptors (Lipinski definition) is 6. The van der Waals surface area contributed by atoms with E-state index in [0.29, 0.717) is 23.0 Å². The molecule has 0 saturated carbocycles. The van der Waals surface area contributed by atoms with E-state index in [1.54, 1.807) is 45.8 Å². The van der Waals surface area contributed by atoms with E-state index >= 15 is 0 Å². The Hall–Kier alpha value is -3.01. The first-order chi connectivity index (χ1) is 17.8. The number of nitrogens with zero attached hydrogens (tertiary/aromatic N) is 3. The van der Waals surface area contributed by atoms with Gasteiger partial charge in [0.1, 0.15) is 5.76 Å². The molecule has 1 atom stereocenters. The fourth-order valence-corrected chi connectivity index (χ4v) is 7.92. The highest BCUT2D eigenvalue weighted by molar-refractivity contribution is 7.89. The number of piperidine rings is 1. The normalized spacial score (nSPS) is 16.8. The molecule has 9 heteroatoms. The van der Waals surface area contributed by atoms with Crippen LogP contribution in [0, 0.1) is 13.8 Å². The van der Waals surface area contributed by atoms with Crippen molar-refractivity contribution < 1.29 is 17.6 Å². The van der Waals surface area contributed by atoms with Gasteiger partial charge in [0.15, 0.2) is 5.13 Å². The molecule has 1 amide bonds. The molecule has 1 unspecified atom stereocenters. The fraction of sp³-hybridized carbons (Fsp3) is 0.357. The van der Waals surface area contributed by atoms with Gasteiger partial charge in [0.05, 0.1) is 27.9 Å². The maximum Gasteiger partial charge on any atom is 0.260 e. The second-order valence-corrected chi connectivity index (χ2v) is 12.5. The maximum atomic E-state index is 13.8. The Labute approximate surface area is 221 Å². The molecule has 1 aliphatic rings. The van der Waals surface area contributed by atoms with Crippen LogP contribution >= 0.6 is 11.3 Å². The standard InChI is InChI=1S/C28H31N3O4S2/c1-4-22-8-5-6-14-31(22)37(33,34)24-12-10-21(11-13-24)27(32)30(18-23-9-7-15-35-23)28-29-26-20(3)16-19(2)17-25(26)36-28/h7,9-13,15-17,22H,4-6,8,14,18H2,1-3H3. The predicted octanol–water partition coefficient (Wildman–Crippen LogP) is 6.31. The molecular weight excluding hydrogens is 506 g/mol. The van der Waals surface area contributed by atoms with Gasteiger partial charge in [0, 0.05) is 18.2 Å². The number of carbonyl (C=O) groups excluding carboxylic acids is 1. The van der Waals surface area contributed by atoms with Crippen molar-refractivity contribution in [3.8, 4) is 0 Å². The lowest BCUT2D eigenvalue weighted by Gasteiger charge is -2.34. The minimum Gasteiger partial charge on any atom is -0.467 e. The SMILES string of the molecule is CCC1CCCCN1S(=O)(=O)c1ccc(C(=O)N(Cc2ccco2)c2nc3c(C)cc(C)cc3s2)cc1. The zero-order valence-electron chi connectivity index (χ0n) is 21.3. The fourth-order valence-electron chi connectivity index (χ4n) is 5.02. The summed E-state index contributed by atoms with van der Waals surface area (Å²) in [6, 6.07) is 14.1. The molecule has 3 heterocycles. The topological polar surface area (TPSA) is 83.7 Å². The molecule has 1 saturated heterocycles. The number of aromatic nitrogens is 1. The van der Waals surface area contributed by atoms with Crippen molar-refractivity contribution in [3.05, 3.63) is 77.2 Å². The van der Waals surface area contributed by atoms with Crippen LogP contribution in [0.2, 0.25) is 0 Å². The van der Waals surface area contributed by atoms with Crippen LogP contribution in [0.3, 0.4) is 0 Å². The first-order valence-corrected chi connectivity index (χ1v) is 14.9. The minimum atomic E-state index is -3.62. The van der Waals surface area contributed by atoms with Gasteiger partial charge in [-0.15, -0.1) is 0 Å². The molecule has 1 aliphatic heterocycles. The summed E-state index contributed by atoms with van der Waals surface area (Å²) in [6.07, 6.45) is 5.17. The number of fused-ring (bicyclic) bond motifs is 1. The van der Waals surface area contributed by atoms with Crippen molar-refractivity contribution in [2.45, 2.75) is 63.9 Å². The number of rotatable bonds is 7. The smallest absolute Gasteiger partial charge is 0.260 e. The zero-order chi connectivity index (χ0) is 26.2. The number of anilines is 1. The van der Waals surface area contributed by atoms with Gasteiger partial charge in [0.25, 0.3) is 5.91 Å². The summed E-state index contributed by atoms with van der Waals surface area (Å²) in [5.41, 5.74) is 3.46. The summed E-state index contributed by atoms with van der Waals surface area (Å²) in [4.78, 5) is 20.4. The number of thiazole rings is 1. The van der Waals surface area contributed by atoms with Gasteiger partial charge in [-0.05, 0) is 86.7 Å². The number of carbonyl (C=O) groups is 1. The lowest BCUT2D eigenvalue weighted by atomic mass is 10.0. The van der Waals surface area contributed by atoms with Crippen LogP contribution in [0.4, 0.5) is 5.13 Å². The highest BCUT2D eigenvalue weighted by Gasteiger charge is 2.33. The van der Waals surface area contributed by atoms with Crippen molar-refractivity contribution in [2.75, 3.05) is 11.4 Å². The van der Waals surface area contributed by atoms with Gasteiger partial charge < -0.3 is 4.42 Å². The van der Waals surface area contributed by atoms with Gasteiger partial charge in [-0.3, -0.25) is 9.69 Å². The maximum absolute atomic E-state index is 13.8. The summed E-state index contributed by atoms with van der Waals surface area (Å²) in [6.45, 7) is 6.84. The van der Waals surface area contributed by atoms with E-state index in [9.17, 15) is 13.2 Å². The first-order valence-electron chi connectivity index (χ1n) is 12.6.